The highest BCUT2D eigenvalue weighted by Gasteiger charge is 2.06. The fourth-order valence-electron chi connectivity index (χ4n) is 2.02. The quantitative estimate of drug-likeness (QED) is 0.563. The Morgan fingerprint density at radius 1 is 1.19 bits per heavy atom. The molecule has 1 aromatic carbocycles. The molecule has 3 aromatic rings. The van der Waals surface area contributed by atoms with Gasteiger partial charge in [-0.2, -0.15) is 0 Å². The highest BCUT2D eigenvalue weighted by Crippen LogP contribution is 2.29. The third-order valence-corrected chi connectivity index (χ3v) is 4.13. The average molecular weight is 316 g/mol. The van der Waals surface area contributed by atoms with Crippen molar-refractivity contribution in [2.24, 2.45) is 5.73 Å². The van der Waals surface area contributed by atoms with Crippen LogP contribution in [0.1, 0.15) is 16.0 Å². The summed E-state index contributed by atoms with van der Waals surface area (Å²) in [6.07, 6.45) is 7.68. The first-order chi connectivity index (χ1) is 9.74. The van der Waals surface area contributed by atoms with Crippen LogP contribution in [0.15, 0.2) is 48.8 Å². The number of fused-ring (bicyclic) bond motifs is 1. The van der Waals surface area contributed by atoms with Gasteiger partial charge in [0.2, 0.25) is 0 Å². The van der Waals surface area contributed by atoms with E-state index in [1.807, 2.05) is 42.6 Å². The molecule has 2 aromatic heterocycles. The number of amidine groups is 1. The Balaban J connectivity index is 0.00000161. The van der Waals surface area contributed by atoms with Crippen LogP contribution < -0.4 is 5.73 Å². The van der Waals surface area contributed by atoms with E-state index >= 15 is 0 Å². The molecule has 21 heavy (non-hydrogen) atoms. The fourth-order valence-corrected chi connectivity index (χ4v) is 2.98. The van der Waals surface area contributed by atoms with Crippen molar-refractivity contribution >= 4 is 51.8 Å². The van der Waals surface area contributed by atoms with Gasteiger partial charge in [0.15, 0.2) is 0 Å². The van der Waals surface area contributed by atoms with Crippen LogP contribution in [0, 0.1) is 5.41 Å². The Labute approximate surface area is 133 Å². The number of benzene rings is 1. The van der Waals surface area contributed by atoms with Gasteiger partial charge in [0.05, 0.1) is 4.88 Å². The molecule has 106 valence electrons. The van der Waals surface area contributed by atoms with Crippen molar-refractivity contribution in [3.8, 4) is 0 Å². The van der Waals surface area contributed by atoms with Gasteiger partial charge in [-0.3, -0.25) is 10.4 Å². The molecule has 0 aliphatic heterocycles. The van der Waals surface area contributed by atoms with Crippen LogP contribution in [0.2, 0.25) is 0 Å². The molecule has 0 spiro atoms. The van der Waals surface area contributed by atoms with E-state index in [-0.39, 0.29) is 18.2 Å². The van der Waals surface area contributed by atoms with Crippen molar-refractivity contribution in [3.05, 3.63) is 64.8 Å². The molecule has 2 heterocycles. The summed E-state index contributed by atoms with van der Waals surface area (Å²) >= 11 is 1.55. The molecule has 0 unspecified atom stereocenters. The lowest BCUT2D eigenvalue weighted by atomic mass is 10.1. The highest BCUT2D eigenvalue weighted by molar-refractivity contribution is 7.20. The first-order valence-corrected chi connectivity index (χ1v) is 7.01. The van der Waals surface area contributed by atoms with Crippen molar-refractivity contribution < 1.29 is 0 Å². The zero-order chi connectivity index (χ0) is 13.9. The molecule has 0 atom stereocenters. The van der Waals surface area contributed by atoms with Gasteiger partial charge in [0, 0.05) is 22.5 Å². The summed E-state index contributed by atoms with van der Waals surface area (Å²) in [6, 6.07) is 12.0. The molecule has 0 aliphatic rings. The Bertz CT molecular complexity index is 794. The smallest absolute Gasteiger partial charge is 0.133 e. The number of rotatable bonds is 3. The predicted molar refractivity (Wildman–Crippen MR) is 93.3 cm³/mol. The van der Waals surface area contributed by atoms with Crippen LogP contribution in [0.4, 0.5) is 0 Å². The Morgan fingerprint density at radius 3 is 2.76 bits per heavy atom. The van der Waals surface area contributed by atoms with E-state index in [0.717, 1.165) is 26.1 Å². The zero-order valence-electron chi connectivity index (χ0n) is 11.1. The molecule has 0 aliphatic carbocycles. The van der Waals surface area contributed by atoms with Crippen molar-refractivity contribution in [1.29, 1.82) is 5.41 Å². The Morgan fingerprint density at radius 2 is 2.05 bits per heavy atom. The van der Waals surface area contributed by atoms with E-state index < -0.39 is 0 Å². The van der Waals surface area contributed by atoms with E-state index in [9.17, 15) is 0 Å². The number of nitrogen functional groups attached to an aromatic ring is 1. The van der Waals surface area contributed by atoms with Crippen molar-refractivity contribution in [1.82, 2.24) is 4.98 Å². The standard InChI is InChI=1S/C16H13N3S.ClH/c17-16(18)15-9-13-12(4-1-5-14(13)20-15)7-6-11-3-2-8-19-10-11;/h1-10H,(H3,17,18);1H/b7-6+;. The summed E-state index contributed by atoms with van der Waals surface area (Å²) in [4.78, 5) is 4.90. The second kappa shape index (κ2) is 6.52. The number of thiophene rings is 1. The first kappa shape index (κ1) is 15.2. The van der Waals surface area contributed by atoms with Crippen LogP contribution in [0.5, 0.6) is 0 Å². The third-order valence-electron chi connectivity index (χ3n) is 3.00. The largest absolute Gasteiger partial charge is 0.383 e. The van der Waals surface area contributed by atoms with E-state index in [1.54, 1.807) is 17.5 Å². The molecule has 3 rings (SSSR count). The molecule has 0 radical (unpaired) electrons. The molecule has 0 bridgehead atoms. The number of halogens is 1. The van der Waals surface area contributed by atoms with E-state index in [4.69, 9.17) is 11.1 Å². The van der Waals surface area contributed by atoms with E-state index in [1.165, 1.54) is 0 Å². The molecule has 3 nitrogen and oxygen atoms in total. The number of aromatic nitrogens is 1. The van der Waals surface area contributed by atoms with Gasteiger partial charge in [-0.25, -0.2) is 0 Å². The van der Waals surface area contributed by atoms with Crippen LogP contribution >= 0.6 is 23.7 Å². The highest BCUT2D eigenvalue weighted by atomic mass is 35.5. The maximum atomic E-state index is 7.54. The number of hydrogen-bond donors (Lipinski definition) is 2. The van der Waals surface area contributed by atoms with E-state index in [2.05, 4.69) is 17.1 Å². The normalized spacial score (nSPS) is 10.7. The summed E-state index contributed by atoms with van der Waals surface area (Å²) in [7, 11) is 0. The number of hydrogen-bond acceptors (Lipinski definition) is 3. The topological polar surface area (TPSA) is 62.8 Å². The van der Waals surface area contributed by atoms with Gasteiger partial charge in [-0.1, -0.05) is 30.4 Å². The summed E-state index contributed by atoms with van der Waals surface area (Å²) in [5.41, 5.74) is 7.74. The maximum absolute atomic E-state index is 7.54. The third kappa shape index (κ3) is 3.29. The molecule has 3 N–H and O–H groups in total. The molecule has 0 saturated carbocycles. The molecule has 0 amide bonds. The molecule has 0 saturated heterocycles. The van der Waals surface area contributed by atoms with Crippen LogP contribution in [0.25, 0.3) is 22.2 Å². The first-order valence-electron chi connectivity index (χ1n) is 6.19. The maximum Gasteiger partial charge on any atom is 0.133 e. The van der Waals surface area contributed by atoms with Crippen molar-refractivity contribution in [3.63, 3.8) is 0 Å². The van der Waals surface area contributed by atoms with Crippen LogP contribution in [-0.2, 0) is 0 Å². The van der Waals surface area contributed by atoms with Gasteiger partial charge >= 0.3 is 0 Å². The SMILES string of the molecule is Cl.N=C(N)c1cc2c(/C=C/c3cccnc3)cccc2s1. The lowest BCUT2D eigenvalue weighted by molar-refractivity contribution is 1.32. The van der Waals surface area contributed by atoms with Gasteiger partial charge in [0.25, 0.3) is 0 Å². The predicted octanol–water partition coefficient (Wildman–Crippen LogP) is 4.17. The monoisotopic (exact) mass is 315 g/mol. The second-order valence-corrected chi connectivity index (χ2v) is 5.49. The average Bonchev–Trinajstić information content (AvgIpc) is 2.91. The summed E-state index contributed by atoms with van der Waals surface area (Å²) < 4.78 is 1.14. The van der Waals surface area contributed by atoms with E-state index in [0.29, 0.717) is 0 Å². The lowest BCUT2D eigenvalue weighted by Crippen LogP contribution is -2.08. The Kier molecular flexibility index (Phi) is 4.73. The summed E-state index contributed by atoms with van der Waals surface area (Å²) in [6.45, 7) is 0. The fraction of sp³-hybridized carbons (Fsp3) is 0. The minimum absolute atomic E-state index is 0. The van der Waals surface area contributed by atoms with Gasteiger partial charge in [0.1, 0.15) is 5.84 Å². The zero-order valence-corrected chi connectivity index (χ0v) is 12.7. The summed E-state index contributed by atoms with van der Waals surface area (Å²) in [5, 5.41) is 8.66. The number of nitrogens with one attached hydrogen (secondary N) is 1. The summed E-state index contributed by atoms with van der Waals surface area (Å²) in [5.74, 6) is 0.119. The minimum Gasteiger partial charge on any atom is -0.383 e. The number of nitrogens with two attached hydrogens (primary N) is 1. The second-order valence-electron chi connectivity index (χ2n) is 4.40. The molecular weight excluding hydrogens is 302 g/mol. The molecule has 0 fully saturated rings. The Hall–Kier alpha value is -2.17. The lowest BCUT2D eigenvalue weighted by Gasteiger charge is -1.96. The van der Waals surface area contributed by atoms with Crippen LogP contribution in [-0.4, -0.2) is 10.8 Å². The van der Waals surface area contributed by atoms with Gasteiger partial charge in [-0.05, 0) is 29.3 Å². The minimum atomic E-state index is 0. The van der Waals surface area contributed by atoms with Gasteiger partial charge in [-0.15, -0.1) is 23.7 Å². The van der Waals surface area contributed by atoms with Gasteiger partial charge < -0.3 is 5.73 Å². The number of nitrogens with zero attached hydrogens (tertiary/aromatic N) is 1. The van der Waals surface area contributed by atoms with Crippen molar-refractivity contribution in [2.75, 3.05) is 0 Å². The molecular formula is C16H14ClN3S. The number of pyridine rings is 1. The molecule has 5 heteroatoms. The van der Waals surface area contributed by atoms with Crippen molar-refractivity contribution in [2.45, 2.75) is 0 Å². The van der Waals surface area contributed by atoms with Crippen LogP contribution in [0.3, 0.4) is 0 Å².